The summed E-state index contributed by atoms with van der Waals surface area (Å²) in [6, 6.07) is -0.643. The first kappa shape index (κ1) is 46.8. The molecule has 0 heterocycles. The number of aliphatic hydroxyl groups excluding tert-OH is 2. The Balaban J connectivity index is 3.64. The molecular formula is C45H79NO3. The Morgan fingerprint density at radius 3 is 1.43 bits per heavy atom. The fourth-order valence-electron chi connectivity index (χ4n) is 5.77. The maximum Gasteiger partial charge on any atom is 0.220 e. The summed E-state index contributed by atoms with van der Waals surface area (Å²) in [5, 5.41) is 22.9. The maximum absolute atomic E-state index is 12.4. The zero-order chi connectivity index (χ0) is 35.7. The van der Waals surface area contributed by atoms with E-state index in [0.717, 1.165) is 57.8 Å². The van der Waals surface area contributed by atoms with Crippen molar-refractivity contribution in [2.45, 2.75) is 199 Å². The van der Waals surface area contributed by atoms with Gasteiger partial charge in [-0.2, -0.15) is 0 Å². The Hall–Kier alpha value is -2.17. The van der Waals surface area contributed by atoms with Crippen molar-refractivity contribution in [3.8, 4) is 0 Å². The molecule has 0 aromatic heterocycles. The minimum absolute atomic E-state index is 0.0827. The largest absolute Gasteiger partial charge is 0.394 e. The predicted octanol–water partition coefficient (Wildman–Crippen LogP) is 12.7. The second-order valence-corrected chi connectivity index (χ2v) is 13.7. The first-order chi connectivity index (χ1) is 24.2. The van der Waals surface area contributed by atoms with Gasteiger partial charge in [0, 0.05) is 6.42 Å². The van der Waals surface area contributed by atoms with Crippen molar-refractivity contribution in [1.82, 2.24) is 5.32 Å². The normalized spacial score (nSPS) is 13.8. The van der Waals surface area contributed by atoms with Crippen LogP contribution in [-0.2, 0) is 4.79 Å². The summed E-state index contributed by atoms with van der Waals surface area (Å²) < 4.78 is 0. The lowest BCUT2D eigenvalue weighted by Gasteiger charge is -2.19. The van der Waals surface area contributed by atoms with Crippen molar-refractivity contribution < 1.29 is 15.0 Å². The summed E-state index contributed by atoms with van der Waals surface area (Å²) in [6.07, 6.45) is 57.1. The van der Waals surface area contributed by atoms with Crippen LogP contribution in [0.15, 0.2) is 72.9 Å². The fraction of sp³-hybridized carbons (Fsp3) is 0.711. The van der Waals surface area contributed by atoms with E-state index in [1.807, 2.05) is 6.08 Å². The van der Waals surface area contributed by atoms with Gasteiger partial charge >= 0.3 is 0 Å². The van der Waals surface area contributed by atoms with Crippen LogP contribution in [0.4, 0.5) is 0 Å². The molecule has 0 bridgehead atoms. The lowest BCUT2D eigenvalue weighted by atomic mass is 10.0. The van der Waals surface area contributed by atoms with E-state index < -0.39 is 12.1 Å². The van der Waals surface area contributed by atoms with Crippen LogP contribution in [0, 0.1) is 0 Å². The lowest BCUT2D eigenvalue weighted by Crippen LogP contribution is -2.45. The molecule has 0 aliphatic rings. The number of aliphatic hydroxyl groups is 2. The maximum atomic E-state index is 12.4. The van der Waals surface area contributed by atoms with Gasteiger partial charge in [0.2, 0.25) is 5.91 Å². The topological polar surface area (TPSA) is 69.6 Å². The van der Waals surface area contributed by atoms with E-state index in [1.165, 1.54) is 109 Å². The van der Waals surface area contributed by atoms with Crippen LogP contribution in [0.1, 0.15) is 187 Å². The number of carbonyl (C=O) groups excluding carboxylic acids is 1. The number of allylic oxidation sites excluding steroid dienone is 11. The Kier molecular flexibility index (Phi) is 38.5. The van der Waals surface area contributed by atoms with E-state index in [0.29, 0.717) is 6.42 Å². The number of hydrogen-bond donors (Lipinski definition) is 3. The predicted molar refractivity (Wildman–Crippen MR) is 216 cm³/mol. The van der Waals surface area contributed by atoms with E-state index in [-0.39, 0.29) is 12.5 Å². The summed E-state index contributed by atoms with van der Waals surface area (Å²) in [7, 11) is 0. The van der Waals surface area contributed by atoms with Gasteiger partial charge in [0.05, 0.1) is 18.8 Å². The van der Waals surface area contributed by atoms with E-state index in [1.54, 1.807) is 6.08 Å². The van der Waals surface area contributed by atoms with E-state index in [2.05, 4.69) is 79.9 Å². The third-order valence-electron chi connectivity index (χ3n) is 8.92. The third kappa shape index (κ3) is 36.9. The smallest absolute Gasteiger partial charge is 0.220 e. The molecule has 0 aromatic carbocycles. The molecule has 0 rings (SSSR count). The standard InChI is InChI=1S/C45H79NO3/c1-3-5-7-9-11-13-15-17-19-20-21-22-23-24-25-26-27-29-31-33-35-37-39-41-45(49)46-43(42-47)44(48)40-38-36-34-32-30-28-18-16-14-12-10-8-6-4-2/h5,7,11,13,17,19,21-22,30,32,38,40,43-44,47-48H,3-4,6,8-10,12,14-16,18,20,23-29,31,33-37,39,41-42H2,1-2H3,(H,46,49)/b7-5-,13-11-,19-17-,22-21-,32-30+,40-38+. The quantitative estimate of drug-likeness (QED) is 0.0455. The van der Waals surface area contributed by atoms with Gasteiger partial charge in [0.25, 0.3) is 0 Å². The van der Waals surface area contributed by atoms with E-state index in [9.17, 15) is 15.0 Å². The first-order valence-electron chi connectivity index (χ1n) is 20.7. The Morgan fingerprint density at radius 2 is 0.918 bits per heavy atom. The van der Waals surface area contributed by atoms with Gasteiger partial charge in [-0.05, 0) is 70.6 Å². The van der Waals surface area contributed by atoms with Crippen LogP contribution >= 0.6 is 0 Å². The third-order valence-corrected chi connectivity index (χ3v) is 8.92. The SMILES string of the molecule is CC/C=C\C/C=C\C/C=C\C/C=C\CCCCCCCCCCCCC(=O)NC(CO)C(O)/C=C/CC/C=C/CCCCCCCCCC. The number of amides is 1. The minimum atomic E-state index is -0.866. The molecule has 49 heavy (non-hydrogen) atoms. The van der Waals surface area contributed by atoms with Crippen LogP contribution < -0.4 is 5.32 Å². The van der Waals surface area contributed by atoms with E-state index >= 15 is 0 Å². The molecule has 0 aliphatic heterocycles. The summed E-state index contributed by atoms with van der Waals surface area (Å²) >= 11 is 0. The molecule has 0 aromatic rings. The Bertz CT molecular complexity index is 868. The highest BCUT2D eigenvalue weighted by molar-refractivity contribution is 5.76. The molecular weight excluding hydrogens is 602 g/mol. The number of nitrogens with one attached hydrogen (secondary N) is 1. The molecule has 0 aliphatic carbocycles. The monoisotopic (exact) mass is 682 g/mol. The first-order valence-corrected chi connectivity index (χ1v) is 20.7. The van der Waals surface area contributed by atoms with Crippen LogP contribution in [0.25, 0.3) is 0 Å². The van der Waals surface area contributed by atoms with Gasteiger partial charge in [0.1, 0.15) is 0 Å². The molecule has 4 nitrogen and oxygen atoms in total. The van der Waals surface area contributed by atoms with Crippen molar-refractivity contribution in [2.24, 2.45) is 0 Å². The van der Waals surface area contributed by atoms with Crippen LogP contribution in [0.5, 0.6) is 0 Å². The van der Waals surface area contributed by atoms with Gasteiger partial charge in [0.15, 0.2) is 0 Å². The van der Waals surface area contributed by atoms with Gasteiger partial charge in [-0.1, -0.05) is 183 Å². The van der Waals surface area contributed by atoms with Crippen molar-refractivity contribution in [2.75, 3.05) is 6.61 Å². The van der Waals surface area contributed by atoms with Gasteiger partial charge in [-0.15, -0.1) is 0 Å². The van der Waals surface area contributed by atoms with Crippen molar-refractivity contribution in [3.05, 3.63) is 72.9 Å². The molecule has 4 heteroatoms. The van der Waals surface area contributed by atoms with Gasteiger partial charge in [-0.3, -0.25) is 4.79 Å². The highest BCUT2D eigenvalue weighted by Gasteiger charge is 2.17. The summed E-state index contributed by atoms with van der Waals surface area (Å²) in [5.74, 6) is -0.0827. The Morgan fingerprint density at radius 1 is 0.510 bits per heavy atom. The molecule has 0 spiro atoms. The highest BCUT2D eigenvalue weighted by Crippen LogP contribution is 2.13. The summed E-state index contributed by atoms with van der Waals surface area (Å²) in [4.78, 5) is 12.4. The van der Waals surface area contributed by atoms with Gasteiger partial charge < -0.3 is 15.5 Å². The zero-order valence-corrected chi connectivity index (χ0v) is 32.2. The minimum Gasteiger partial charge on any atom is -0.394 e. The molecule has 2 unspecified atom stereocenters. The number of rotatable bonds is 36. The average Bonchev–Trinajstić information content (AvgIpc) is 3.10. The molecule has 0 radical (unpaired) electrons. The highest BCUT2D eigenvalue weighted by atomic mass is 16.3. The number of carbonyl (C=O) groups is 1. The molecule has 0 fully saturated rings. The van der Waals surface area contributed by atoms with Crippen LogP contribution in [0.3, 0.4) is 0 Å². The van der Waals surface area contributed by atoms with Crippen molar-refractivity contribution >= 4 is 5.91 Å². The molecule has 3 N–H and O–H groups in total. The van der Waals surface area contributed by atoms with Gasteiger partial charge in [-0.25, -0.2) is 0 Å². The lowest BCUT2D eigenvalue weighted by molar-refractivity contribution is -0.123. The van der Waals surface area contributed by atoms with Crippen LogP contribution in [0.2, 0.25) is 0 Å². The van der Waals surface area contributed by atoms with Crippen molar-refractivity contribution in [3.63, 3.8) is 0 Å². The van der Waals surface area contributed by atoms with Crippen LogP contribution in [-0.4, -0.2) is 34.9 Å². The molecule has 282 valence electrons. The Labute approximate surface area is 304 Å². The molecule has 0 saturated carbocycles. The zero-order valence-electron chi connectivity index (χ0n) is 32.2. The molecule has 1 amide bonds. The second kappa shape index (κ2) is 40.3. The number of hydrogen-bond acceptors (Lipinski definition) is 3. The summed E-state index contributed by atoms with van der Waals surface area (Å²) in [5.41, 5.74) is 0. The average molecular weight is 682 g/mol. The van der Waals surface area contributed by atoms with E-state index in [4.69, 9.17) is 0 Å². The second-order valence-electron chi connectivity index (χ2n) is 13.7. The van der Waals surface area contributed by atoms with Crippen molar-refractivity contribution in [1.29, 1.82) is 0 Å². The molecule has 0 saturated heterocycles. The molecule has 2 atom stereocenters. The summed E-state index contributed by atoms with van der Waals surface area (Å²) in [6.45, 7) is 4.16. The number of unbranched alkanes of at least 4 members (excludes halogenated alkanes) is 19. The fourth-order valence-corrected chi connectivity index (χ4v) is 5.77.